The first-order chi connectivity index (χ1) is 8.17. The van der Waals surface area contributed by atoms with Crippen molar-refractivity contribution in [3.8, 4) is 0 Å². The minimum absolute atomic E-state index is 0.0213. The van der Waals surface area contributed by atoms with Crippen LogP contribution < -0.4 is 0 Å². The van der Waals surface area contributed by atoms with Crippen LogP contribution in [0.5, 0.6) is 0 Å². The average molecular weight is 296 g/mol. The molecule has 0 saturated heterocycles. The molecule has 0 amide bonds. The molecule has 1 aliphatic rings. The van der Waals surface area contributed by atoms with Gasteiger partial charge >= 0.3 is 0 Å². The van der Waals surface area contributed by atoms with Crippen LogP contribution in [0.3, 0.4) is 0 Å². The summed E-state index contributed by atoms with van der Waals surface area (Å²) in [5.74, 6) is 0.612. The average Bonchev–Trinajstić information content (AvgIpc) is 2.79. The van der Waals surface area contributed by atoms with Crippen molar-refractivity contribution in [3.05, 3.63) is 47.0 Å². The molecular formula is C12H14BrN3O. The normalized spacial score (nSPS) is 24.3. The number of hydrogen-bond donors (Lipinski definition) is 1. The lowest BCUT2D eigenvalue weighted by Gasteiger charge is -2.12. The van der Waals surface area contributed by atoms with Crippen LogP contribution in [0.2, 0.25) is 0 Å². The zero-order valence-electron chi connectivity index (χ0n) is 9.55. The summed E-state index contributed by atoms with van der Waals surface area (Å²) in [7, 11) is 0. The summed E-state index contributed by atoms with van der Waals surface area (Å²) in [6, 6.07) is 0.0213. The van der Waals surface area contributed by atoms with E-state index in [1.807, 2.05) is 25.2 Å². The molecule has 4 nitrogen and oxygen atoms in total. The van der Waals surface area contributed by atoms with Gasteiger partial charge in [0.1, 0.15) is 6.10 Å². The number of aromatic nitrogens is 3. The smallest absolute Gasteiger partial charge is 0.217 e. The Bertz CT molecular complexity index is 490. The van der Waals surface area contributed by atoms with Crippen molar-refractivity contribution in [2.45, 2.75) is 25.5 Å². The fraction of sp³-hybridized carbons (Fsp3) is 0.333. The van der Waals surface area contributed by atoms with Crippen LogP contribution in [-0.4, -0.2) is 19.9 Å². The highest BCUT2D eigenvalue weighted by Gasteiger charge is 2.33. The van der Waals surface area contributed by atoms with E-state index in [2.05, 4.69) is 32.6 Å². The van der Waals surface area contributed by atoms with Crippen molar-refractivity contribution in [2.75, 3.05) is 0 Å². The number of fused-ring (bicyclic) bond motifs is 1. The van der Waals surface area contributed by atoms with Crippen molar-refractivity contribution in [2.24, 2.45) is 0 Å². The number of rotatable bonds is 3. The monoisotopic (exact) mass is 295 g/mol. The Morgan fingerprint density at radius 1 is 1.65 bits per heavy atom. The molecule has 0 aromatic carbocycles. The van der Waals surface area contributed by atoms with Gasteiger partial charge < -0.3 is 5.11 Å². The Kier molecular flexibility index (Phi) is 3.59. The number of nitrogens with zero attached hydrogens (tertiary/aromatic N) is 3. The number of aliphatic hydroxyl groups excluding tert-OH is 1. The minimum atomic E-state index is -0.558. The van der Waals surface area contributed by atoms with Crippen LogP contribution >= 0.6 is 15.9 Å². The molecule has 0 aliphatic carbocycles. The predicted octanol–water partition coefficient (Wildman–Crippen LogP) is 2.71. The summed E-state index contributed by atoms with van der Waals surface area (Å²) >= 11 is 3.23. The molecule has 0 bridgehead atoms. The second-order valence-electron chi connectivity index (χ2n) is 3.85. The molecule has 1 aliphatic heterocycles. The Labute approximate surface area is 108 Å². The highest BCUT2D eigenvalue weighted by atomic mass is 79.9. The van der Waals surface area contributed by atoms with Crippen LogP contribution in [0, 0.1) is 0 Å². The van der Waals surface area contributed by atoms with E-state index < -0.39 is 6.10 Å². The van der Waals surface area contributed by atoms with Crippen molar-refractivity contribution >= 4 is 15.9 Å². The second-order valence-corrected chi connectivity index (χ2v) is 4.56. The molecule has 1 aromatic rings. The maximum absolute atomic E-state index is 9.93. The zero-order chi connectivity index (χ0) is 12.4. The summed E-state index contributed by atoms with van der Waals surface area (Å²) in [5, 5.41) is 14.2. The first-order valence-corrected chi connectivity index (χ1v) is 6.22. The molecular weight excluding hydrogens is 282 g/mol. The van der Waals surface area contributed by atoms with Gasteiger partial charge in [0.15, 0.2) is 5.82 Å². The third-order valence-electron chi connectivity index (χ3n) is 2.73. The Balaban J connectivity index is 2.41. The Morgan fingerprint density at radius 3 is 3.06 bits per heavy atom. The molecule has 5 heteroatoms. The van der Waals surface area contributed by atoms with Gasteiger partial charge in [0.2, 0.25) is 4.73 Å². The fourth-order valence-electron chi connectivity index (χ4n) is 2.07. The second kappa shape index (κ2) is 4.98. The molecule has 1 aromatic heterocycles. The van der Waals surface area contributed by atoms with Gasteiger partial charge in [0.25, 0.3) is 0 Å². The van der Waals surface area contributed by atoms with Crippen LogP contribution in [0.25, 0.3) is 0 Å². The lowest BCUT2D eigenvalue weighted by Crippen LogP contribution is -2.07. The maximum Gasteiger partial charge on any atom is 0.217 e. The maximum atomic E-state index is 9.93. The lowest BCUT2D eigenvalue weighted by atomic mass is 10.0. The predicted molar refractivity (Wildman–Crippen MR) is 69.4 cm³/mol. The Morgan fingerprint density at radius 2 is 2.41 bits per heavy atom. The van der Waals surface area contributed by atoms with E-state index >= 15 is 0 Å². The number of hydrogen-bond acceptors (Lipinski definition) is 3. The van der Waals surface area contributed by atoms with Crippen LogP contribution in [-0.2, 0) is 0 Å². The third-order valence-corrected chi connectivity index (χ3v) is 3.06. The van der Waals surface area contributed by atoms with Gasteiger partial charge in [-0.15, -0.1) is 5.10 Å². The number of allylic oxidation sites excluding steroid dienone is 5. The zero-order valence-corrected chi connectivity index (χ0v) is 11.1. The van der Waals surface area contributed by atoms with E-state index in [-0.39, 0.29) is 6.04 Å². The van der Waals surface area contributed by atoms with Gasteiger partial charge in [-0.2, -0.15) is 0 Å². The fourth-order valence-corrected chi connectivity index (χ4v) is 2.42. The molecule has 90 valence electrons. The van der Waals surface area contributed by atoms with Crippen molar-refractivity contribution in [1.29, 1.82) is 0 Å². The molecule has 0 fully saturated rings. The van der Waals surface area contributed by atoms with E-state index in [1.54, 1.807) is 10.8 Å². The van der Waals surface area contributed by atoms with Crippen molar-refractivity contribution < 1.29 is 5.11 Å². The summed E-state index contributed by atoms with van der Waals surface area (Å²) in [6.07, 6.45) is 7.69. The number of halogens is 1. The summed E-state index contributed by atoms with van der Waals surface area (Å²) in [6.45, 7) is 5.67. The highest BCUT2D eigenvalue weighted by molar-refractivity contribution is 9.10. The van der Waals surface area contributed by atoms with Gasteiger partial charge in [-0.1, -0.05) is 30.9 Å². The van der Waals surface area contributed by atoms with Crippen LogP contribution in [0.1, 0.15) is 31.3 Å². The van der Waals surface area contributed by atoms with Crippen molar-refractivity contribution in [3.63, 3.8) is 0 Å². The molecule has 0 radical (unpaired) electrons. The van der Waals surface area contributed by atoms with E-state index in [1.165, 1.54) is 0 Å². The largest absolute Gasteiger partial charge is 0.385 e. The SMILES string of the molecule is C=C/C=C(\C=C/C)C1CC(O)c2nc(Br)nn21. The topological polar surface area (TPSA) is 50.9 Å². The first kappa shape index (κ1) is 12.3. The minimum Gasteiger partial charge on any atom is -0.385 e. The Hall–Kier alpha value is -1.20. The van der Waals surface area contributed by atoms with Gasteiger partial charge in [-0.25, -0.2) is 9.67 Å². The quantitative estimate of drug-likeness (QED) is 0.873. The third kappa shape index (κ3) is 2.25. The van der Waals surface area contributed by atoms with E-state index in [9.17, 15) is 5.11 Å². The first-order valence-electron chi connectivity index (χ1n) is 5.42. The molecule has 2 atom stereocenters. The number of aliphatic hydroxyl groups is 1. The molecule has 0 saturated carbocycles. The van der Waals surface area contributed by atoms with Gasteiger partial charge in [0.05, 0.1) is 6.04 Å². The van der Waals surface area contributed by atoms with Crippen LogP contribution in [0.15, 0.2) is 41.2 Å². The molecule has 1 N–H and O–H groups in total. The molecule has 0 spiro atoms. The summed E-state index contributed by atoms with van der Waals surface area (Å²) < 4.78 is 2.28. The summed E-state index contributed by atoms with van der Waals surface area (Å²) in [5.41, 5.74) is 1.07. The standard InChI is InChI=1S/C12H14BrN3O/c1-3-5-8(6-4-2)9-7-10(17)11-14-12(13)15-16(9)11/h3-6,9-10,17H,1,7H2,2H3/b6-4-,8-5+. The molecule has 17 heavy (non-hydrogen) atoms. The van der Waals surface area contributed by atoms with Crippen LogP contribution in [0.4, 0.5) is 0 Å². The van der Waals surface area contributed by atoms with E-state index in [0.29, 0.717) is 17.0 Å². The van der Waals surface area contributed by atoms with E-state index in [4.69, 9.17) is 0 Å². The molecule has 2 rings (SSSR count). The van der Waals surface area contributed by atoms with Gasteiger partial charge in [0, 0.05) is 6.42 Å². The van der Waals surface area contributed by atoms with Crippen molar-refractivity contribution in [1.82, 2.24) is 14.8 Å². The summed E-state index contributed by atoms with van der Waals surface area (Å²) in [4.78, 5) is 4.17. The lowest BCUT2D eigenvalue weighted by molar-refractivity contribution is 0.172. The van der Waals surface area contributed by atoms with Gasteiger partial charge in [-0.05, 0) is 28.4 Å². The van der Waals surface area contributed by atoms with Gasteiger partial charge in [-0.3, -0.25) is 0 Å². The highest BCUT2D eigenvalue weighted by Crippen LogP contribution is 2.38. The van der Waals surface area contributed by atoms with E-state index in [0.717, 1.165) is 5.57 Å². The molecule has 2 unspecified atom stereocenters. The molecule has 2 heterocycles.